The summed E-state index contributed by atoms with van der Waals surface area (Å²) in [6.45, 7) is 0. The first-order valence-electron chi connectivity index (χ1n) is 19.2. The third-order valence-corrected chi connectivity index (χ3v) is 11.9. The van der Waals surface area contributed by atoms with Crippen LogP contribution in [0.15, 0.2) is 209 Å². The van der Waals surface area contributed by atoms with E-state index in [1.165, 1.54) is 33.4 Å². The number of hydrogen-bond donors (Lipinski definition) is 0. The molecule has 0 spiro atoms. The summed E-state index contributed by atoms with van der Waals surface area (Å²) in [5, 5.41) is 6.79. The Morgan fingerprint density at radius 2 is 0.839 bits per heavy atom. The molecule has 2 heterocycles. The summed E-state index contributed by atoms with van der Waals surface area (Å²) in [7, 11) is 0. The van der Waals surface area contributed by atoms with Crippen molar-refractivity contribution in [3.8, 4) is 11.1 Å². The second-order valence-electron chi connectivity index (χ2n) is 14.8. The molecular formula is C53H33NO2. The van der Waals surface area contributed by atoms with Gasteiger partial charge < -0.3 is 13.7 Å². The Balaban J connectivity index is 1.07. The third-order valence-electron chi connectivity index (χ3n) is 11.9. The van der Waals surface area contributed by atoms with Crippen molar-refractivity contribution >= 4 is 71.7 Å². The molecule has 0 atom stereocenters. The van der Waals surface area contributed by atoms with Crippen LogP contribution in [-0.2, 0) is 5.41 Å². The van der Waals surface area contributed by atoms with Crippen molar-refractivity contribution in [2.75, 3.05) is 4.90 Å². The quantitative estimate of drug-likeness (QED) is 0.178. The lowest BCUT2D eigenvalue weighted by atomic mass is 9.67. The van der Waals surface area contributed by atoms with Crippen molar-refractivity contribution in [1.82, 2.24) is 0 Å². The Morgan fingerprint density at radius 3 is 1.55 bits per heavy atom. The zero-order valence-corrected chi connectivity index (χ0v) is 30.3. The maximum atomic E-state index is 6.71. The van der Waals surface area contributed by atoms with Crippen molar-refractivity contribution in [2.24, 2.45) is 0 Å². The van der Waals surface area contributed by atoms with Gasteiger partial charge in [-0.05, 0) is 111 Å². The summed E-state index contributed by atoms with van der Waals surface area (Å²) in [6.07, 6.45) is 0. The smallest absolute Gasteiger partial charge is 0.137 e. The van der Waals surface area contributed by atoms with Crippen molar-refractivity contribution in [1.29, 1.82) is 0 Å². The highest BCUT2D eigenvalue weighted by atomic mass is 16.3. The molecule has 0 unspecified atom stereocenters. The van der Waals surface area contributed by atoms with Gasteiger partial charge >= 0.3 is 0 Å². The van der Waals surface area contributed by atoms with Gasteiger partial charge in [0.2, 0.25) is 0 Å². The van der Waals surface area contributed by atoms with Crippen LogP contribution < -0.4 is 4.90 Å². The summed E-state index contributed by atoms with van der Waals surface area (Å²) in [4.78, 5) is 2.35. The monoisotopic (exact) mass is 715 g/mol. The van der Waals surface area contributed by atoms with Crippen LogP contribution in [0.1, 0.15) is 22.3 Å². The largest absolute Gasteiger partial charge is 0.456 e. The van der Waals surface area contributed by atoms with Crippen LogP contribution in [0.3, 0.4) is 0 Å². The summed E-state index contributed by atoms with van der Waals surface area (Å²) >= 11 is 0. The number of para-hydroxylation sites is 2. The van der Waals surface area contributed by atoms with Crippen LogP contribution in [0.4, 0.5) is 17.1 Å². The molecule has 0 amide bonds. The number of nitrogens with zero attached hydrogens (tertiary/aromatic N) is 1. The van der Waals surface area contributed by atoms with Gasteiger partial charge in [0, 0.05) is 44.7 Å². The van der Waals surface area contributed by atoms with E-state index in [9.17, 15) is 0 Å². The van der Waals surface area contributed by atoms with Crippen LogP contribution in [0.2, 0.25) is 0 Å². The van der Waals surface area contributed by atoms with E-state index in [2.05, 4.69) is 193 Å². The number of anilines is 3. The molecule has 0 saturated heterocycles. The maximum Gasteiger partial charge on any atom is 0.137 e. The molecule has 3 heteroatoms. The van der Waals surface area contributed by atoms with E-state index in [4.69, 9.17) is 8.83 Å². The summed E-state index contributed by atoms with van der Waals surface area (Å²) < 4.78 is 13.0. The highest BCUT2D eigenvalue weighted by Crippen LogP contribution is 2.56. The summed E-state index contributed by atoms with van der Waals surface area (Å²) in [6, 6.07) is 72.0. The molecule has 9 aromatic carbocycles. The average molecular weight is 716 g/mol. The molecular weight excluding hydrogens is 683 g/mol. The van der Waals surface area contributed by atoms with Crippen LogP contribution >= 0.6 is 0 Å². The Hall–Kier alpha value is -7.36. The molecule has 0 saturated carbocycles. The predicted octanol–water partition coefficient (Wildman–Crippen LogP) is 14.5. The molecule has 3 nitrogen and oxygen atoms in total. The molecule has 2 aromatic heterocycles. The van der Waals surface area contributed by atoms with Gasteiger partial charge in [0.05, 0.1) is 5.41 Å². The van der Waals surface area contributed by atoms with E-state index in [1.807, 2.05) is 12.1 Å². The Kier molecular flexibility index (Phi) is 6.55. The van der Waals surface area contributed by atoms with Gasteiger partial charge in [-0.25, -0.2) is 0 Å². The molecule has 0 bridgehead atoms. The topological polar surface area (TPSA) is 29.5 Å². The number of hydrogen-bond acceptors (Lipinski definition) is 3. The lowest BCUT2D eigenvalue weighted by molar-refractivity contribution is 0.668. The molecule has 0 aliphatic heterocycles. The van der Waals surface area contributed by atoms with Gasteiger partial charge in [0.1, 0.15) is 22.3 Å². The molecule has 0 radical (unpaired) electrons. The minimum atomic E-state index is -0.498. The molecule has 11 aromatic rings. The standard InChI is InChI=1S/C53H33NO2/c1-3-14-34(15-4-1)53(45-23-10-7-20-39(45)40-21-8-11-24-46(40)53)35-16-13-19-37(32-35)54(36-17-5-2-6-18-36)38-26-27-44-50(33-38)56-49-31-29-41-42(52(44)49)28-30-48-51(41)43-22-9-12-25-47(43)55-48/h1-33H. The van der Waals surface area contributed by atoms with Gasteiger partial charge in [-0.3, -0.25) is 0 Å². The SMILES string of the molecule is c1ccc(N(c2cccc(C3(c4ccccc4)c4ccccc4-c4ccccc43)c2)c2ccc3c(c2)oc2ccc4c(ccc5oc6ccccc6c54)c23)cc1. The van der Waals surface area contributed by atoms with Crippen LogP contribution in [-0.4, -0.2) is 0 Å². The van der Waals surface area contributed by atoms with Crippen LogP contribution in [0, 0.1) is 0 Å². The van der Waals surface area contributed by atoms with Gasteiger partial charge in [-0.2, -0.15) is 0 Å². The molecule has 262 valence electrons. The minimum absolute atomic E-state index is 0.498. The van der Waals surface area contributed by atoms with Gasteiger partial charge in [0.25, 0.3) is 0 Å². The molecule has 1 aliphatic carbocycles. The van der Waals surface area contributed by atoms with Crippen LogP contribution in [0.25, 0.3) is 65.8 Å². The lowest BCUT2D eigenvalue weighted by Gasteiger charge is -2.35. The van der Waals surface area contributed by atoms with E-state index in [-0.39, 0.29) is 0 Å². The zero-order valence-electron chi connectivity index (χ0n) is 30.3. The number of furan rings is 2. The average Bonchev–Trinajstić information content (AvgIpc) is 3.93. The highest BCUT2D eigenvalue weighted by molar-refractivity contribution is 6.27. The second-order valence-corrected chi connectivity index (χ2v) is 14.8. The first kappa shape index (κ1) is 31.0. The van der Waals surface area contributed by atoms with Crippen molar-refractivity contribution < 1.29 is 8.83 Å². The fraction of sp³-hybridized carbons (Fsp3) is 0.0189. The minimum Gasteiger partial charge on any atom is -0.456 e. The Morgan fingerprint density at radius 1 is 0.321 bits per heavy atom. The third kappa shape index (κ3) is 4.28. The molecule has 1 aliphatic rings. The van der Waals surface area contributed by atoms with Crippen molar-refractivity contribution in [3.63, 3.8) is 0 Å². The van der Waals surface area contributed by atoms with E-state index >= 15 is 0 Å². The van der Waals surface area contributed by atoms with Crippen LogP contribution in [0.5, 0.6) is 0 Å². The van der Waals surface area contributed by atoms with E-state index in [1.54, 1.807) is 0 Å². The summed E-state index contributed by atoms with van der Waals surface area (Å²) in [5.74, 6) is 0. The predicted molar refractivity (Wildman–Crippen MR) is 230 cm³/mol. The number of rotatable bonds is 5. The maximum absolute atomic E-state index is 6.71. The zero-order chi connectivity index (χ0) is 36.8. The highest BCUT2D eigenvalue weighted by Gasteiger charge is 2.46. The van der Waals surface area contributed by atoms with Gasteiger partial charge in [0.15, 0.2) is 0 Å². The summed E-state index contributed by atoms with van der Waals surface area (Å²) in [5.41, 5.74) is 13.8. The van der Waals surface area contributed by atoms with Crippen molar-refractivity contribution in [3.05, 3.63) is 222 Å². The fourth-order valence-electron chi connectivity index (χ4n) is 9.65. The first-order valence-corrected chi connectivity index (χ1v) is 19.2. The second kappa shape index (κ2) is 11.8. The molecule has 0 fully saturated rings. The fourth-order valence-corrected chi connectivity index (χ4v) is 9.65. The Labute approximate surface area is 323 Å². The van der Waals surface area contributed by atoms with E-state index in [0.717, 1.165) is 71.7 Å². The van der Waals surface area contributed by atoms with E-state index in [0.29, 0.717) is 0 Å². The Bertz CT molecular complexity index is 3270. The molecule has 12 rings (SSSR count). The normalized spacial score (nSPS) is 13.1. The van der Waals surface area contributed by atoms with Gasteiger partial charge in [-0.15, -0.1) is 0 Å². The molecule has 0 N–H and O–H groups in total. The molecule has 56 heavy (non-hydrogen) atoms. The lowest BCUT2D eigenvalue weighted by Crippen LogP contribution is -2.28. The van der Waals surface area contributed by atoms with Gasteiger partial charge in [-0.1, -0.05) is 127 Å². The van der Waals surface area contributed by atoms with E-state index < -0.39 is 5.41 Å². The van der Waals surface area contributed by atoms with Crippen molar-refractivity contribution in [2.45, 2.75) is 5.41 Å². The number of benzene rings is 9. The number of fused-ring (bicyclic) bond motifs is 12. The first-order chi connectivity index (χ1) is 27.8.